The van der Waals surface area contributed by atoms with Crippen molar-refractivity contribution >= 4 is 17.5 Å². The fourth-order valence-corrected chi connectivity index (χ4v) is 1.82. The molecule has 23 heavy (non-hydrogen) atoms. The number of amides is 2. The number of anilines is 1. The Morgan fingerprint density at radius 3 is 2.30 bits per heavy atom. The average Bonchev–Trinajstić information content (AvgIpc) is 2.50. The van der Waals surface area contributed by atoms with E-state index in [9.17, 15) is 22.8 Å². The molecule has 7 heteroatoms. The third-order valence-electron chi connectivity index (χ3n) is 2.96. The summed E-state index contributed by atoms with van der Waals surface area (Å²) in [6.07, 6.45) is -0.520. The van der Waals surface area contributed by atoms with Gasteiger partial charge < -0.3 is 10.6 Å². The number of halogens is 3. The van der Waals surface area contributed by atoms with Gasteiger partial charge in [-0.25, -0.2) is 13.2 Å². The zero-order valence-corrected chi connectivity index (χ0v) is 11.9. The summed E-state index contributed by atoms with van der Waals surface area (Å²) in [6.45, 7) is -0.0516. The van der Waals surface area contributed by atoms with Crippen molar-refractivity contribution in [3.8, 4) is 0 Å². The van der Waals surface area contributed by atoms with Crippen LogP contribution in [0.1, 0.15) is 12.0 Å². The van der Waals surface area contributed by atoms with E-state index < -0.39 is 35.7 Å². The van der Waals surface area contributed by atoms with Crippen LogP contribution in [0.2, 0.25) is 0 Å². The lowest BCUT2D eigenvalue weighted by molar-refractivity contribution is -0.126. The largest absolute Gasteiger partial charge is 0.351 e. The highest BCUT2D eigenvalue weighted by molar-refractivity contribution is 6.03. The van der Waals surface area contributed by atoms with Crippen molar-refractivity contribution < 1.29 is 22.8 Å². The van der Waals surface area contributed by atoms with Crippen molar-refractivity contribution in [2.45, 2.75) is 13.0 Å². The second-order valence-electron chi connectivity index (χ2n) is 4.72. The number of hydrogen-bond acceptors (Lipinski definition) is 2. The summed E-state index contributed by atoms with van der Waals surface area (Å²) in [5.74, 6) is -3.91. The highest BCUT2D eigenvalue weighted by Gasteiger charge is 2.11. The molecule has 2 amide bonds. The molecular formula is C16H13F3N2O2. The number of benzene rings is 2. The summed E-state index contributed by atoms with van der Waals surface area (Å²) in [4.78, 5) is 23.3. The van der Waals surface area contributed by atoms with Gasteiger partial charge in [-0.05, 0) is 18.2 Å². The lowest BCUT2D eigenvalue weighted by Gasteiger charge is -2.07. The smallest absolute Gasteiger partial charge is 0.233 e. The van der Waals surface area contributed by atoms with Crippen molar-refractivity contribution in [2.75, 3.05) is 5.32 Å². The summed E-state index contributed by atoms with van der Waals surface area (Å²) in [7, 11) is 0. The van der Waals surface area contributed by atoms with Crippen LogP contribution in [-0.4, -0.2) is 11.8 Å². The molecule has 0 atom stereocenters. The normalized spacial score (nSPS) is 10.2. The van der Waals surface area contributed by atoms with E-state index in [0.717, 1.165) is 12.1 Å². The second kappa shape index (κ2) is 7.44. The van der Waals surface area contributed by atoms with Gasteiger partial charge in [0.1, 0.15) is 12.2 Å². The van der Waals surface area contributed by atoms with E-state index in [1.165, 1.54) is 24.3 Å². The Morgan fingerprint density at radius 2 is 1.61 bits per heavy atom. The van der Waals surface area contributed by atoms with E-state index in [4.69, 9.17) is 0 Å². The van der Waals surface area contributed by atoms with Crippen molar-refractivity contribution in [3.63, 3.8) is 0 Å². The van der Waals surface area contributed by atoms with E-state index in [0.29, 0.717) is 5.56 Å². The van der Waals surface area contributed by atoms with Gasteiger partial charge in [0.2, 0.25) is 11.8 Å². The molecule has 0 saturated heterocycles. The molecule has 2 rings (SSSR count). The number of carbonyl (C=O) groups is 2. The molecule has 0 aliphatic heterocycles. The quantitative estimate of drug-likeness (QED) is 0.832. The molecule has 0 spiro atoms. The molecule has 4 nitrogen and oxygen atoms in total. The zero-order valence-electron chi connectivity index (χ0n) is 11.9. The van der Waals surface area contributed by atoms with Crippen LogP contribution in [0.5, 0.6) is 0 Å². The average molecular weight is 322 g/mol. The minimum Gasteiger partial charge on any atom is -0.351 e. The standard InChI is InChI=1S/C16H13F3N2O2/c17-12-4-2-1-3-10(12)9-20-15(22)8-16(23)21-11-5-6-13(18)14(19)7-11/h1-7H,8-9H2,(H,20,22)(H,21,23). The van der Waals surface area contributed by atoms with Crippen LogP contribution < -0.4 is 10.6 Å². The summed E-state index contributed by atoms with van der Waals surface area (Å²) < 4.78 is 39.1. The fraction of sp³-hybridized carbons (Fsp3) is 0.125. The molecule has 2 aromatic rings. The number of nitrogens with one attached hydrogen (secondary N) is 2. The van der Waals surface area contributed by atoms with Gasteiger partial charge in [-0.1, -0.05) is 18.2 Å². The third-order valence-corrected chi connectivity index (χ3v) is 2.96. The lowest BCUT2D eigenvalue weighted by atomic mass is 10.2. The first-order chi connectivity index (χ1) is 11.0. The molecule has 2 aromatic carbocycles. The highest BCUT2D eigenvalue weighted by atomic mass is 19.2. The van der Waals surface area contributed by atoms with Gasteiger partial charge in [0.05, 0.1) is 0 Å². The van der Waals surface area contributed by atoms with Crippen LogP contribution in [0.4, 0.5) is 18.9 Å². The first-order valence-electron chi connectivity index (χ1n) is 6.70. The Labute approximate surface area is 130 Å². The highest BCUT2D eigenvalue weighted by Crippen LogP contribution is 2.13. The predicted octanol–water partition coefficient (Wildman–Crippen LogP) is 2.75. The fourth-order valence-electron chi connectivity index (χ4n) is 1.82. The van der Waals surface area contributed by atoms with Gasteiger partial charge in [-0.15, -0.1) is 0 Å². The Hall–Kier alpha value is -2.83. The van der Waals surface area contributed by atoms with Gasteiger partial charge in [0, 0.05) is 23.9 Å². The summed E-state index contributed by atoms with van der Waals surface area (Å²) in [6, 6.07) is 8.77. The molecule has 0 aliphatic rings. The van der Waals surface area contributed by atoms with Crippen LogP contribution in [0, 0.1) is 17.5 Å². The van der Waals surface area contributed by atoms with Crippen molar-refractivity contribution in [1.29, 1.82) is 0 Å². The van der Waals surface area contributed by atoms with Crippen molar-refractivity contribution in [1.82, 2.24) is 5.32 Å². The van der Waals surface area contributed by atoms with Crippen LogP contribution in [0.25, 0.3) is 0 Å². The van der Waals surface area contributed by atoms with Crippen LogP contribution in [0.15, 0.2) is 42.5 Å². The van der Waals surface area contributed by atoms with E-state index in [1.54, 1.807) is 6.07 Å². The Kier molecular flexibility index (Phi) is 5.35. The lowest BCUT2D eigenvalue weighted by Crippen LogP contribution is -2.28. The Balaban J connectivity index is 1.84. The van der Waals surface area contributed by atoms with Crippen LogP contribution in [-0.2, 0) is 16.1 Å². The molecule has 0 fully saturated rings. The SMILES string of the molecule is O=C(CC(=O)Nc1ccc(F)c(F)c1)NCc1ccccc1F. The molecule has 0 aliphatic carbocycles. The molecule has 0 heterocycles. The molecule has 0 radical (unpaired) electrons. The van der Waals surface area contributed by atoms with Gasteiger partial charge in [-0.2, -0.15) is 0 Å². The molecule has 0 unspecified atom stereocenters. The van der Waals surface area contributed by atoms with Gasteiger partial charge >= 0.3 is 0 Å². The minimum absolute atomic E-state index is 0.0378. The maximum atomic E-state index is 13.4. The van der Waals surface area contributed by atoms with Gasteiger partial charge in [0.15, 0.2) is 11.6 Å². The van der Waals surface area contributed by atoms with Gasteiger partial charge in [0.25, 0.3) is 0 Å². The molecule has 0 aromatic heterocycles. The third kappa shape index (κ3) is 4.84. The molecular weight excluding hydrogens is 309 g/mol. The minimum atomic E-state index is -1.10. The molecule has 2 N–H and O–H groups in total. The van der Waals surface area contributed by atoms with Crippen LogP contribution >= 0.6 is 0 Å². The Bertz CT molecular complexity index is 735. The summed E-state index contributed by atoms with van der Waals surface area (Å²) in [5.41, 5.74) is 0.331. The van der Waals surface area contributed by atoms with E-state index in [2.05, 4.69) is 10.6 Å². The first kappa shape index (κ1) is 16.5. The maximum absolute atomic E-state index is 13.4. The molecule has 120 valence electrons. The Morgan fingerprint density at radius 1 is 0.870 bits per heavy atom. The van der Waals surface area contributed by atoms with Gasteiger partial charge in [-0.3, -0.25) is 9.59 Å². The van der Waals surface area contributed by atoms with E-state index in [1.807, 2.05) is 0 Å². The zero-order chi connectivity index (χ0) is 16.8. The van der Waals surface area contributed by atoms with Crippen LogP contribution in [0.3, 0.4) is 0 Å². The predicted molar refractivity (Wildman–Crippen MR) is 77.9 cm³/mol. The van der Waals surface area contributed by atoms with Crippen molar-refractivity contribution in [2.24, 2.45) is 0 Å². The first-order valence-corrected chi connectivity index (χ1v) is 6.70. The monoisotopic (exact) mass is 322 g/mol. The second-order valence-corrected chi connectivity index (χ2v) is 4.72. The number of carbonyl (C=O) groups excluding carboxylic acids is 2. The van der Waals surface area contributed by atoms with Crippen molar-refractivity contribution in [3.05, 3.63) is 65.5 Å². The molecule has 0 bridgehead atoms. The number of hydrogen-bond donors (Lipinski definition) is 2. The number of rotatable bonds is 5. The topological polar surface area (TPSA) is 58.2 Å². The van der Waals surface area contributed by atoms with E-state index in [-0.39, 0.29) is 12.2 Å². The van der Waals surface area contributed by atoms with E-state index >= 15 is 0 Å². The maximum Gasteiger partial charge on any atom is 0.233 e. The summed E-state index contributed by atoms with van der Waals surface area (Å²) in [5, 5.41) is 4.67. The molecule has 0 saturated carbocycles. The summed E-state index contributed by atoms with van der Waals surface area (Å²) >= 11 is 0.